The molecule has 0 atom stereocenters. The third kappa shape index (κ3) is 3.49. The number of aliphatic hydroxyl groups excluding tert-OH is 1. The lowest BCUT2D eigenvalue weighted by Gasteiger charge is -2.35. The largest absolute Gasteiger partial charge is 0.478 e. The Morgan fingerprint density at radius 1 is 1.40 bits per heavy atom. The number of hydrogen-bond acceptors (Lipinski definition) is 4. The van der Waals surface area contributed by atoms with Crippen LogP contribution in [0.3, 0.4) is 0 Å². The molecule has 5 nitrogen and oxygen atoms in total. The highest BCUT2D eigenvalue weighted by atomic mass is 79.9. The van der Waals surface area contributed by atoms with Crippen LogP contribution < -0.4 is 4.90 Å². The molecule has 1 fully saturated rings. The highest BCUT2D eigenvalue weighted by Crippen LogP contribution is 2.29. The molecule has 0 saturated heterocycles. The van der Waals surface area contributed by atoms with Crippen LogP contribution in [0.1, 0.15) is 42.5 Å². The summed E-state index contributed by atoms with van der Waals surface area (Å²) in [6.07, 6.45) is 7.17. The van der Waals surface area contributed by atoms with Crippen molar-refractivity contribution in [1.82, 2.24) is 4.98 Å². The highest BCUT2D eigenvalue weighted by molar-refractivity contribution is 9.10. The van der Waals surface area contributed by atoms with E-state index in [0.717, 1.165) is 25.7 Å². The van der Waals surface area contributed by atoms with Gasteiger partial charge >= 0.3 is 5.97 Å². The van der Waals surface area contributed by atoms with Crippen molar-refractivity contribution in [2.75, 3.05) is 18.1 Å². The lowest BCUT2D eigenvalue weighted by atomic mass is 9.94. The first-order valence-electron chi connectivity index (χ1n) is 6.90. The molecule has 0 radical (unpaired) electrons. The minimum atomic E-state index is -0.993. The van der Waals surface area contributed by atoms with E-state index in [4.69, 9.17) is 0 Å². The molecule has 0 spiro atoms. The number of hydrogen-bond donors (Lipinski definition) is 2. The topological polar surface area (TPSA) is 73.7 Å². The highest BCUT2D eigenvalue weighted by Gasteiger charge is 2.26. The summed E-state index contributed by atoms with van der Waals surface area (Å²) in [5, 5.41) is 18.6. The first-order valence-corrected chi connectivity index (χ1v) is 7.69. The summed E-state index contributed by atoms with van der Waals surface area (Å²) >= 11 is 3.26. The number of rotatable bonds is 5. The standard InChI is InChI=1S/C14H19BrN2O3/c15-10-8-12(14(19)20)13(16-9-10)17(6-7-18)11-4-2-1-3-5-11/h8-9,11,18H,1-7H2,(H,19,20). The van der Waals surface area contributed by atoms with E-state index in [9.17, 15) is 15.0 Å². The van der Waals surface area contributed by atoms with Crippen molar-refractivity contribution in [3.8, 4) is 0 Å². The summed E-state index contributed by atoms with van der Waals surface area (Å²) in [4.78, 5) is 17.6. The van der Waals surface area contributed by atoms with Crippen molar-refractivity contribution in [2.45, 2.75) is 38.1 Å². The van der Waals surface area contributed by atoms with Gasteiger partial charge in [0, 0.05) is 23.3 Å². The third-order valence-corrected chi connectivity index (χ3v) is 4.13. The smallest absolute Gasteiger partial charge is 0.339 e. The minimum Gasteiger partial charge on any atom is -0.478 e. The van der Waals surface area contributed by atoms with E-state index in [2.05, 4.69) is 20.9 Å². The van der Waals surface area contributed by atoms with Gasteiger partial charge in [-0.25, -0.2) is 9.78 Å². The Morgan fingerprint density at radius 3 is 2.70 bits per heavy atom. The van der Waals surface area contributed by atoms with Gasteiger partial charge < -0.3 is 15.1 Å². The zero-order valence-corrected chi connectivity index (χ0v) is 12.8. The lowest BCUT2D eigenvalue weighted by molar-refractivity contribution is 0.0696. The Morgan fingerprint density at radius 2 is 2.10 bits per heavy atom. The second-order valence-corrected chi connectivity index (χ2v) is 5.95. The number of aromatic carboxylic acids is 1. The van der Waals surface area contributed by atoms with Crippen LogP contribution in [-0.2, 0) is 0 Å². The van der Waals surface area contributed by atoms with E-state index < -0.39 is 5.97 Å². The van der Waals surface area contributed by atoms with Crippen LogP contribution in [0.15, 0.2) is 16.7 Å². The molecule has 1 aliphatic carbocycles. The van der Waals surface area contributed by atoms with Crippen LogP contribution in [0, 0.1) is 0 Å². The number of carbonyl (C=O) groups is 1. The fourth-order valence-electron chi connectivity index (χ4n) is 2.78. The van der Waals surface area contributed by atoms with Crippen molar-refractivity contribution in [3.63, 3.8) is 0 Å². The average molecular weight is 343 g/mol. The first kappa shape index (κ1) is 15.3. The molecule has 1 saturated carbocycles. The Hall–Kier alpha value is -1.14. The van der Waals surface area contributed by atoms with Gasteiger partial charge in [-0.2, -0.15) is 0 Å². The molecule has 20 heavy (non-hydrogen) atoms. The normalized spacial score (nSPS) is 16.1. The van der Waals surface area contributed by atoms with Gasteiger partial charge in [0.05, 0.1) is 6.61 Å². The Labute approximate surface area is 126 Å². The number of carboxylic acids is 1. The van der Waals surface area contributed by atoms with E-state index in [1.807, 2.05) is 4.90 Å². The van der Waals surface area contributed by atoms with Gasteiger partial charge in [0.15, 0.2) is 0 Å². The van der Waals surface area contributed by atoms with Crippen LogP contribution in [-0.4, -0.2) is 40.4 Å². The molecule has 0 aromatic carbocycles. The van der Waals surface area contributed by atoms with E-state index in [-0.39, 0.29) is 18.2 Å². The fourth-order valence-corrected chi connectivity index (χ4v) is 3.11. The maximum atomic E-state index is 11.4. The van der Waals surface area contributed by atoms with Crippen LogP contribution in [0.25, 0.3) is 0 Å². The molecule has 0 amide bonds. The van der Waals surface area contributed by atoms with E-state index in [1.54, 1.807) is 12.3 Å². The molecule has 1 aromatic rings. The molecule has 0 bridgehead atoms. The summed E-state index contributed by atoms with van der Waals surface area (Å²) in [7, 11) is 0. The number of anilines is 1. The van der Waals surface area contributed by atoms with Crippen molar-refractivity contribution >= 4 is 27.7 Å². The number of aliphatic hydroxyl groups is 1. The van der Waals surface area contributed by atoms with Gasteiger partial charge in [0.1, 0.15) is 11.4 Å². The van der Waals surface area contributed by atoms with Crippen molar-refractivity contribution in [2.24, 2.45) is 0 Å². The van der Waals surface area contributed by atoms with Crippen molar-refractivity contribution in [1.29, 1.82) is 0 Å². The van der Waals surface area contributed by atoms with Gasteiger partial charge in [-0.3, -0.25) is 0 Å². The summed E-state index contributed by atoms with van der Waals surface area (Å²) in [5.41, 5.74) is 0.179. The molecule has 0 aliphatic heterocycles. The molecule has 110 valence electrons. The third-order valence-electron chi connectivity index (χ3n) is 3.69. The maximum Gasteiger partial charge on any atom is 0.339 e. The number of carboxylic acid groups (broad SMARTS) is 1. The Kier molecular flexibility index (Phi) is 5.37. The van der Waals surface area contributed by atoms with Crippen molar-refractivity contribution in [3.05, 3.63) is 22.3 Å². The molecular formula is C14H19BrN2O3. The van der Waals surface area contributed by atoms with Crippen LogP contribution in [0.2, 0.25) is 0 Å². The fraction of sp³-hybridized carbons (Fsp3) is 0.571. The van der Waals surface area contributed by atoms with Gasteiger partial charge in [0.25, 0.3) is 0 Å². The first-order chi connectivity index (χ1) is 9.63. The molecule has 1 aliphatic rings. The number of halogens is 1. The van der Waals surface area contributed by atoms with Crippen LogP contribution in [0.5, 0.6) is 0 Å². The van der Waals surface area contributed by atoms with Crippen LogP contribution >= 0.6 is 15.9 Å². The Balaban J connectivity index is 2.35. The molecule has 0 unspecified atom stereocenters. The summed E-state index contributed by atoms with van der Waals surface area (Å²) in [6, 6.07) is 1.83. The maximum absolute atomic E-state index is 11.4. The molecule has 6 heteroatoms. The molecular weight excluding hydrogens is 324 g/mol. The zero-order chi connectivity index (χ0) is 14.5. The molecule has 1 heterocycles. The SMILES string of the molecule is O=C(O)c1cc(Br)cnc1N(CCO)C1CCCCC1. The number of nitrogens with zero attached hydrogens (tertiary/aromatic N) is 2. The number of pyridine rings is 1. The average Bonchev–Trinajstić information content (AvgIpc) is 2.46. The molecule has 1 aromatic heterocycles. The van der Waals surface area contributed by atoms with Gasteiger partial charge in [-0.1, -0.05) is 19.3 Å². The predicted octanol–water partition coefficient (Wildman–Crippen LogP) is 2.67. The Bertz CT molecular complexity index is 475. The van der Waals surface area contributed by atoms with Gasteiger partial charge in [-0.15, -0.1) is 0 Å². The molecule has 2 N–H and O–H groups in total. The quantitative estimate of drug-likeness (QED) is 0.860. The van der Waals surface area contributed by atoms with Crippen LogP contribution in [0.4, 0.5) is 5.82 Å². The van der Waals surface area contributed by atoms with E-state index in [0.29, 0.717) is 16.8 Å². The van der Waals surface area contributed by atoms with Crippen molar-refractivity contribution < 1.29 is 15.0 Å². The lowest BCUT2D eigenvalue weighted by Crippen LogP contribution is -2.40. The van der Waals surface area contributed by atoms with E-state index in [1.165, 1.54) is 6.42 Å². The van der Waals surface area contributed by atoms with Gasteiger partial charge in [-0.05, 0) is 34.8 Å². The zero-order valence-electron chi connectivity index (χ0n) is 11.3. The molecule has 2 rings (SSSR count). The van der Waals surface area contributed by atoms with E-state index >= 15 is 0 Å². The summed E-state index contributed by atoms with van der Waals surface area (Å²) in [6.45, 7) is 0.410. The second-order valence-electron chi connectivity index (χ2n) is 5.04. The summed E-state index contributed by atoms with van der Waals surface area (Å²) in [5.74, 6) is -0.533. The minimum absolute atomic E-state index is 0.00664. The summed E-state index contributed by atoms with van der Waals surface area (Å²) < 4.78 is 0.645. The monoisotopic (exact) mass is 342 g/mol. The second kappa shape index (κ2) is 7.04. The van der Waals surface area contributed by atoms with Gasteiger partial charge in [0.2, 0.25) is 0 Å². The number of aromatic nitrogens is 1. The predicted molar refractivity (Wildman–Crippen MR) is 80.2 cm³/mol.